The molecule has 2 aliphatic heterocycles. The van der Waals surface area contributed by atoms with Crippen molar-refractivity contribution >= 4 is 5.91 Å². The summed E-state index contributed by atoms with van der Waals surface area (Å²) in [6.07, 6.45) is 1.05. The van der Waals surface area contributed by atoms with Gasteiger partial charge in [-0.1, -0.05) is 6.07 Å². The number of methoxy groups -OCH3 is 3. The summed E-state index contributed by atoms with van der Waals surface area (Å²) in [5.41, 5.74) is 1.26. The van der Waals surface area contributed by atoms with E-state index in [0.29, 0.717) is 5.92 Å². The number of amides is 1. The minimum absolute atomic E-state index is 0.0981. The van der Waals surface area contributed by atoms with Crippen LogP contribution in [0.3, 0.4) is 0 Å². The maximum absolute atomic E-state index is 11.9. The number of benzene rings is 1. The van der Waals surface area contributed by atoms with E-state index in [0.717, 1.165) is 62.8 Å². The summed E-state index contributed by atoms with van der Waals surface area (Å²) < 4.78 is 16.4. The van der Waals surface area contributed by atoms with Crippen LogP contribution in [0.1, 0.15) is 18.9 Å². The molecule has 2 atom stereocenters. The molecule has 0 saturated carbocycles. The van der Waals surface area contributed by atoms with Gasteiger partial charge in [0.25, 0.3) is 0 Å². The Morgan fingerprint density at radius 2 is 2.04 bits per heavy atom. The summed E-state index contributed by atoms with van der Waals surface area (Å²) in [5.74, 6) is 2.27. The van der Waals surface area contributed by atoms with Gasteiger partial charge in [0.1, 0.15) is 11.5 Å². The average molecular weight is 362 g/mol. The molecule has 1 aromatic carbocycles. The number of rotatable bonds is 6. The first-order valence-corrected chi connectivity index (χ1v) is 9.19. The Labute approximate surface area is 156 Å². The maximum atomic E-state index is 11.9. The quantitative estimate of drug-likeness (QED) is 0.775. The van der Waals surface area contributed by atoms with Crippen molar-refractivity contribution in [2.75, 3.05) is 54.1 Å². The SMILES string of the molecule is COC[C@@]12CCN(Cc3ccc(OC)cc3OC)C[C@@H]1CN(C(C)=O)C2. The van der Waals surface area contributed by atoms with Gasteiger partial charge in [0.15, 0.2) is 0 Å². The molecule has 0 unspecified atom stereocenters. The molecule has 1 aromatic rings. The van der Waals surface area contributed by atoms with Crippen molar-refractivity contribution in [2.45, 2.75) is 19.9 Å². The lowest BCUT2D eigenvalue weighted by Crippen LogP contribution is -2.48. The number of likely N-dealkylation sites (tertiary alicyclic amines) is 2. The zero-order valence-electron chi connectivity index (χ0n) is 16.3. The van der Waals surface area contributed by atoms with Gasteiger partial charge in [-0.25, -0.2) is 0 Å². The third-order valence-electron chi connectivity index (χ3n) is 5.98. The van der Waals surface area contributed by atoms with Gasteiger partial charge in [0.2, 0.25) is 5.91 Å². The fourth-order valence-electron chi connectivity index (χ4n) is 4.48. The topological polar surface area (TPSA) is 51.2 Å². The molecule has 0 bridgehead atoms. The molecule has 6 heteroatoms. The predicted molar refractivity (Wildman–Crippen MR) is 99.5 cm³/mol. The molecule has 3 rings (SSSR count). The number of carbonyl (C=O) groups is 1. The minimum atomic E-state index is 0.0981. The summed E-state index contributed by atoms with van der Waals surface area (Å²) in [6, 6.07) is 5.98. The Bertz CT molecular complexity index is 651. The lowest BCUT2D eigenvalue weighted by Gasteiger charge is -2.43. The normalized spacial score (nSPS) is 25.8. The first-order valence-electron chi connectivity index (χ1n) is 9.19. The molecule has 1 amide bonds. The lowest BCUT2D eigenvalue weighted by molar-refractivity contribution is -0.128. The monoisotopic (exact) mass is 362 g/mol. The number of nitrogens with zero attached hydrogens (tertiary/aromatic N) is 2. The van der Waals surface area contributed by atoms with Crippen LogP contribution in [0.15, 0.2) is 18.2 Å². The summed E-state index contributed by atoms with van der Waals surface area (Å²) in [4.78, 5) is 16.3. The van der Waals surface area contributed by atoms with Crippen molar-refractivity contribution in [3.8, 4) is 11.5 Å². The minimum Gasteiger partial charge on any atom is -0.497 e. The Kier molecular flexibility index (Phi) is 5.73. The molecule has 2 saturated heterocycles. The molecule has 2 fully saturated rings. The van der Waals surface area contributed by atoms with E-state index in [-0.39, 0.29) is 11.3 Å². The number of ether oxygens (including phenoxy) is 3. The lowest BCUT2D eigenvalue weighted by atomic mass is 9.73. The molecule has 0 aromatic heterocycles. The number of fused-ring (bicyclic) bond motifs is 1. The molecule has 2 heterocycles. The fourth-order valence-corrected chi connectivity index (χ4v) is 4.48. The van der Waals surface area contributed by atoms with Gasteiger partial charge in [-0.15, -0.1) is 0 Å². The van der Waals surface area contributed by atoms with E-state index < -0.39 is 0 Å². The van der Waals surface area contributed by atoms with E-state index in [2.05, 4.69) is 11.0 Å². The third kappa shape index (κ3) is 3.67. The second-order valence-corrected chi connectivity index (χ2v) is 7.55. The van der Waals surface area contributed by atoms with Crippen molar-refractivity contribution < 1.29 is 19.0 Å². The van der Waals surface area contributed by atoms with E-state index in [4.69, 9.17) is 14.2 Å². The molecule has 0 radical (unpaired) electrons. The zero-order valence-corrected chi connectivity index (χ0v) is 16.3. The molecular formula is C20H30N2O4. The Morgan fingerprint density at radius 1 is 1.23 bits per heavy atom. The number of piperidine rings is 1. The van der Waals surface area contributed by atoms with E-state index >= 15 is 0 Å². The van der Waals surface area contributed by atoms with E-state index in [1.165, 1.54) is 0 Å². The molecule has 0 aliphatic carbocycles. The van der Waals surface area contributed by atoms with Gasteiger partial charge in [-0.3, -0.25) is 9.69 Å². The highest BCUT2D eigenvalue weighted by atomic mass is 16.5. The van der Waals surface area contributed by atoms with Crippen LogP contribution < -0.4 is 9.47 Å². The second kappa shape index (κ2) is 7.84. The van der Waals surface area contributed by atoms with E-state index in [9.17, 15) is 4.79 Å². The molecule has 26 heavy (non-hydrogen) atoms. The van der Waals surface area contributed by atoms with Crippen LogP contribution in [0, 0.1) is 11.3 Å². The van der Waals surface area contributed by atoms with Crippen molar-refractivity contribution in [3.05, 3.63) is 23.8 Å². The number of hydrogen-bond donors (Lipinski definition) is 0. The van der Waals surface area contributed by atoms with Crippen LogP contribution in [0.5, 0.6) is 11.5 Å². The first-order chi connectivity index (χ1) is 12.5. The third-order valence-corrected chi connectivity index (χ3v) is 5.98. The van der Waals surface area contributed by atoms with Gasteiger partial charge in [-0.2, -0.15) is 0 Å². The molecule has 0 N–H and O–H groups in total. The maximum Gasteiger partial charge on any atom is 0.219 e. The summed E-state index contributed by atoms with van der Waals surface area (Å²) in [6.45, 7) is 6.85. The van der Waals surface area contributed by atoms with Gasteiger partial charge in [-0.05, 0) is 24.9 Å². The highest BCUT2D eigenvalue weighted by molar-refractivity contribution is 5.73. The smallest absolute Gasteiger partial charge is 0.219 e. The molecule has 6 nitrogen and oxygen atoms in total. The molecule has 144 valence electrons. The van der Waals surface area contributed by atoms with Gasteiger partial charge in [0, 0.05) is 57.3 Å². The van der Waals surface area contributed by atoms with Crippen LogP contribution in [-0.2, 0) is 16.1 Å². The van der Waals surface area contributed by atoms with Crippen LogP contribution in [-0.4, -0.2) is 69.8 Å². The largest absolute Gasteiger partial charge is 0.497 e. The Hall–Kier alpha value is -1.79. The van der Waals surface area contributed by atoms with Crippen LogP contribution >= 0.6 is 0 Å². The van der Waals surface area contributed by atoms with Crippen LogP contribution in [0.4, 0.5) is 0 Å². The summed E-state index contributed by atoms with van der Waals surface area (Å²) >= 11 is 0. The standard InChI is InChI=1S/C20H30N2O4/c1-15(23)22-12-17-11-21(8-7-20(17,13-22)14-24-2)10-16-5-6-18(25-3)9-19(16)26-4/h5-6,9,17H,7-8,10-14H2,1-4H3/t17-,20+/m1/s1. The average Bonchev–Trinajstić information content (AvgIpc) is 3.01. The number of carbonyl (C=O) groups excluding carboxylic acids is 1. The Morgan fingerprint density at radius 3 is 2.69 bits per heavy atom. The molecular weight excluding hydrogens is 332 g/mol. The van der Waals surface area contributed by atoms with Crippen molar-refractivity contribution in [3.63, 3.8) is 0 Å². The number of hydrogen-bond acceptors (Lipinski definition) is 5. The van der Waals surface area contributed by atoms with Gasteiger partial charge < -0.3 is 19.1 Å². The molecule has 2 aliphatic rings. The fraction of sp³-hybridized carbons (Fsp3) is 0.650. The van der Waals surface area contributed by atoms with Gasteiger partial charge in [0.05, 0.1) is 20.8 Å². The molecule has 0 spiro atoms. The summed E-state index contributed by atoms with van der Waals surface area (Å²) in [7, 11) is 5.12. The highest BCUT2D eigenvalue weighted by Gasteiger charge is 2.50. The van der Waals surface area contributed by atoms with Crippen LogP contribution in [0.25, 0.3) is 0 Å². The van der Waals surface area contributed by atoms with E-state index in [1.807, 2.05) is 17.0 Å². The second-order valence-electron chi connectivity index (χ2n) is 7.55. The zero-order chi connectivity index (χ0) is 18.7. The van der Waals surface area contributed by atoms with Crippen molar-refractivity contribution in [1.29, 1.82) is 0 Å². The summed E-state index contributed by atoms with van der Waals surface area (Å²) in [5, 5.41) is 0. The van der Waals surface area contributed by atoms with E-state index in [1.54, 1.807) is 28.3 Å². The Balaban J connectivity index is 1.72. The van der Waals surface area contributed by atoms with Gasteiger partial charge >= 0.3 is 0 Å². The predicted octanol–water partition coefficient (Wildman–Crippen LogP) is 2.02. The van der Waals surface area contributed by atoms with Crippen molar-refractivity contribution in [2.24, 2.45) is 11.3 Å². The highest BCUT2D eigenvalue weighted by Crippen LogP contribution is 2.43. The first kappa shape index (κ1) is 19.0. The van der Waals surface area contributed by atoms with Crippen LogP contribution in [0.2, 0.25) is 0 Å². The van der Waals surface area contributed by atoms with Crippen molar-refractivity contribution in [1.82, 2.24) is 9.80 Å².